The van der Waals surface area contributed by atoms with Gasteiger partial charge in [0, 0.05) is 20.0 Å². The Hall–Kier alpha value is -2.11. The Morgan fingerprint density at radius 3 is 2.70 bits per heavy atom. The minimum atomic E-state index is 0.587. The van der Waals surface area contributed by atoms with E-state index in [1.54, 1.807) is 6.20 Å². The van der Waals surface area contributed by atoms with Crippen LogP contribution in [-0.2, 0) is 13.0 Å². The number of nitrogens with zero attached hydrogens (tertiary/aromatic N) is 4. The third kappa shape index (κ3) is 3.07. The molecule has 0 fully saturated rings. The third-order valence-corrected chi connectivity index (χ3v) is 3.01. The Morgan fingerprint density at radius 1 is 1.30 bits per heavy atom. The van der Waals surface area contributed by atoms with E-state index in [4.69, 9.17) is 4.74 Å². The van der Waals surface area contributed by atoms with E-state index in [1.807, 2.05) is 31.8 Å². The highest BCUT2D eigenvalue weighted by Crippen LogP contribution is 2.26. The molecule has 2 aromatic rings. The molecule has 0 aromatic carbocycles. The van der Waals surface area contributed by atoms with Gasteiger partial charge in [0.25, 0.3) is 0 Å². The first-order valence-corrected chi connectivity index (χ1v) is 6.93. The molecule has 2 aromatic heterocycles. The maximum absolute atomic E-state index is 5.85. The Kier molecular flexibility index (Phi) is 4.55. The van der Waals surface area contributed by atoms with Crippen molar-refractivity contribution in [2.45, 2.75) is 40.2 Å². The smallest absolute Gasteiger partial charge is 0.227 e. The summed E-state index contributed by atoms with van der Waals surface area (Å²) in [6.45, 7) is 6.90. The quantitative estimate of drug-likeness (QED) is 0.878. The summed E-state index contributed by atoms with van der Waals surface area (Å²) in [5.41, 5.74) is 0.900. The van der Waals surface area contributed by atoms with Gasteiger partial charge in [0.05, 0.1) is 18.0 Å². The molecule has 0 aliphatic carbocycles. The number of aryl methyl sites for hydroxylation is 2. The summed E-state index contributed by atoms with van der Waals surface area (Å²) in [7, 11) is 1.85. The molecule has 1 N–H and O–H groups in total. The van der Waals surface area contributed by atoms with Crippen LogP contribution in [-0.4, -0.2) is 26.8 Å². The van der Waals surface area contributed by atoms with Gasteiger partial charge in [-0.1, -0.05) is 6.92 Å². The number of nitrogens with one attached hydrogen (secondary N) is 1. The van der Waals surface area contributed by atoms with E-state index in [2.05, 4.69) is 27.3 Å². The monoisotopic (exact) mass is 275 g/mol. The van der Waals surface area contributed by atoms with Gasteiger partial charge in [-0.2, -0.15) is 10.1 Å². The van der Waals surface area contributed by atoms with Gasteiger partial charge in [-0.25, -0.2) is 4.98 Å². The van der Waals surface area contributed by atoms with Gasteiger partial charge in [-0.15, -0.1) is 0 Å². The second kappa shape index (κ2) is 6.36. The van der Waals surface area contributed by atoms with Crippen molar-refractivity contribution in [3.63, 3.8) is 0 Å². The van der Waals surface area contributed by atoms with Crippen LogP contribution < -0.4 is 10.1 Å². The summed E-state index contributed by atoms with van der Waals surface area (Å²) < 4.78 is 7.66. The van der Waals surface area contributed by atoms with Gasteiger partial charge in [0.1, 0.15) is 11.6 Å². The lowest BCUT2D eigenvalue weighted by Crippen LogP contribution is -2.05. The van der Waals surface area contributed by atoms with Gasteiger partial charge >= 0.3 is 0 Å². The lowest BCUT2D eigenvalue weighted by molar-refractivity contribution is 0.453. The summed E-state index contributed by atoms with van der Waals surface area (Å²) in [6.07, 6.45) is 5.39. The maximum Gasteiger partial charge on any atom is 0.227 e. The van der Waals surface area contributed by atoms with E-state index in [9.17, 15) is 0 Å². The lowest BCUT2D eigenvalue weighted by Gasteiger charge is -2.11. The largest absolute Gasteiger partial charge is 0.435 e. The highest BCUT2D eigenvalue weighted by atomic mass is 16.5. The molecule has 2 rings (SSSR count). The maximum atomic E-state index is 5.85. The molecule has 0 saturated heterocycles. The topological polar surface area (TPSA) is 64.9 Å². The van der Waals surface area contributed by atoms with Crippen molar-refractivity contribution in [3.8, 4) is 11.6 Å². The van der Waals surface area contributed by atoms with Gasteiger partial charge in [-0.3, -0.25) is 4.68 Å². The molecule has 6 heteroatoms. The molecule has 0 saturated carbocycles. The Balaban J connectivity index is 2.31. The molecule has 0 unspecified atom stereocenters. The number of ether oxygens (including phenoxy) is 1. The van der Waals surface area contributed by atoms with Gasteiger partial charge in [0.15, 0.2) is 5.75 Å². The summed E-state index contributed by atoms with van der Waals surface area (Å²) in [5, 5.41) is 7.28. The fourth-order valence-corrected chi connectivity index (χ4v) is 1.90. The molecule has 0 radical (unpaired) electrons. The molecule has 0 spiro atoms. The van der Waals surface area contributed by atoms with Crippen molar-refractivity contribution in [1.82, 2.24) is 19.7 Å². The van der Waals surface area contributed by atoms with Crippen LogP contribution >= 0.6 is 0 Å². The van der Waals surface area contributed by atoms with Crippen molar-refractivity contribution in [1.29, 1.82) is 0 Å². The highest BCUT2D eigenvalue weighted by Gasteiger charge is 2.12. The van der Waals surface area contributed by atoms with E-state index >= 15 is 0 Å². The van der Waals surface area contributed by atoms with Crippen LogP contribution in [0.5, 0.6) is 11.6 Å². The van der Waals surface area contributed by atoms with Crippen LogP contribution in [0, 0.1) is 6.92 Å². The molecule has 0 aliphatic rings. The van der Waals surface area contributed by atoms with Gasteiger partial charge < -0.3 is 10.1 Å². The Bertz CT molecular complexity index is 579. The van der Waals surface area contributed by atoms with Gasteiger partial charge in [-0.05, 0) is 20.3 Å². The van der Waals surface area contributed by atoms with E-state index in [-0.39, 0.29) is 0 Å². The number of aromatic nitrogens is 4. The minimum Gasteiger partial charge on any atom is -0.435 e. The normalized spacial score (nSPS) is 10.6. The van der Waals surface area contributed by atoms with Crippen molar-refractivity contribution in [2.24, 2.45) is 0 Å². The fraction of sp³-hybridized carbons (Fsp3) is 0.500. The summed E-state index contributed by atoms with van der Waals surface area (Å²) in [5.74, 6) is 2.88. The standard InChI is InChI=1S/C14H21N5O/c1-5-7-12-17-13(15-4)10(3)14(18-12)20-11-8-16-19(6-2)9-11/h8-9H,5-7H2,1-4H3,(H,15,17,18). The zero-order chi connectivity index (χ0) is 14.5. The average Bonchev–Trinajstić information content (AvgIpc) is 2.90. The molecule has 2 heterocycles. The molecular formula is C14H21N5O. The van der Waals surface area contributed by atoms with Crippen molar-refractivity contribution >= 4 is 5.82 Å². The number of hydrogen-bond acceptors (Lipinski definition) is 5. The van der Waals surface area contributed by atoms with Gasteiger partial charge in [0.2, 0.25) is 5.88 Å². The molecule has 0 amide bonds. The van der Waals surface area contributed by atoms with Crippen molar-refractivity contribution in [3.05, 3.63) is 23.8 Å². The number of anilines is 1. The second-order valence-electron chi connectivity index (χ2n) is 4.55. The van der Waals surface area contributed by atoms with Crippen LogP contribution in [0.15, 0.2) is 12.4 Å². The molecule has 0 atom stereocenters. The molecule has 0 aliphatic heterocycles. The number of hydrogen-bond donors (Lipinski definition) is 1. The van der Waals surface area contributed by atoms with Crippen LogP contribution in [0.3, 0.4) is 0 Å². The van der Waals surface area contributed by atoms with Crippen LogP contribution in [0.1, 0.15) is 31.7 Å². The first-order chi connectivity index (χ1) is 9.67. The Labute approximate surface area is 119 Å². The second-order valence-corrected chi connectivity index (χ2v) is 4.55. The third-order valence-electron chi connectivity index (χ3n) is 3.01. The van der Waals surface area contributed by atoms with Crippen molar-refractivity contribution < 1.29 is 4.74 Å². The zero-order valence-electron chi connectivity index (χ0n) is 12.5. The first-order valence-electron chi connectivity index (χ1n) is 6.93. The molecule has 0 bridgehead atoms. The van der Waals surface area contributed by atoms with E-state index in [0.29, 0.717) is 11.6 Å². The summed E-state index contributed by atoms with van der Waals surface area (Å²) in [4.78, 5) is 8.97. The van der Waals surface area contributed by atoms with Crippen LogP contribution in [0.25, 0.3) is 0 Å². The highest BCUT2D eigenvalue weighted by molar-refractivity contribution is 5.49. The van der Waals surface area contributed by atoms with Crippen molar-refractivity contribution in [2.75, 3.05) is 12.4 Å². The fourth-order valence-electron chi connectivity index (χ4n) is 1.90. The van der Waals surface area contributed by atoms with Crippen LogP contribution in [0.4, 0.5) is 5.82 Å². The molecular weight excluding hydrogens is 254 g/mol. The summed E-state index contributed by atoms with van der Waals surface area (Å²) in [6, 6.07) is 0. The minimum absolute atomic E-state index is 0.587. The molecule has 20 heavy (non-hydrogen) atoms. The lowest BCUT2D eigenvalue weighted by atomic mass is 10.3. The zero-order valence-corrected chi connectivity index (χ0v) is 12.5. The predicted octanol–water partition coefficient (Wildman–Crippen LogP) is 2.79. The van der Waals surface area contributed by atoms with E-state index in [1.165, 1.54) is 0 Å². The number of rotatable bonds is 6. The van der Waals surface area contributed by atoms with Crippen LogP contribution in [0.2, 0.25) is 0 Å². The summed E-state index contributed by atoms with van der Waals surface area (Å²) >= 11 is 0. The SMILES string of the molecule is CCCc1nc(NC)c(C)c(Oc2cnn(CC)c2)n1. The van der Waals surface area contributed by atoms with E-state index < -0.39 is 0 Å². The molecule has 108 valence electrons. The van der Waals surface area contributed by atoms with E-state index in [0.717, 1.165) is 36.6 Å². The average molecular weight is 275 g/mol. The predicted molar refractivity (Wildman–Crippen MR) is 78.3 cm³/mol. The first kappa shape index (κ1) is 14.3. The molecule has 6 nitrogen and oxygen atoms in total. The Morgan fingerprint density at radius 2 is 2.10 bits per heavy atom.